The predicted octanol–water partition coefficient (Wildman–Crippen LogP) is 4.02. The third-order valence-electron chi connectivity index (χ3n) is 7.90. The molecule has 1 fully saturated rings. The number of H-pyrrole nitrogens is 1. The maximum absolute atomic E-state index is 12.7. The molecule has 46 heavy (non-hydrogen) atoms. The molecule has 1 aliphatic heterocycles. The Labute approximate surface area is 265 Å². The molecule has 1 aliphatic rings. The first-order valence-corrected chi connectivity index (χ1v) is 14.8. The van der Waals surface area contributed by atoms with Gasteiger partial charge >= 0.3 is 0 Å². The second kappa shape index (κ2) is 13.1. The van der Waals surface area contributed by atoms with Crippen LogP contribution in [0.4, 0.5) is 5.95 Å². The van der Waals surface area contributed by atoms with Gasteiger partial charge in [-0.15, -0.1) is 0 Å². The number of nitrogens with zero attached hydrogens (tertiary/aromatic N) is 5. The molecule has 238 valence electrons. The van der Waals surface area contributed by atoms with Gasteiger partial charge in [0.1, 0.15) is 11.7 Å². The number of fused-ring (bicyclic) bond motifs is 1. The number of hydrogen-bond donors (Lipinski definition) is 2. The Morgan fingerprint density at radius 1 is 1.04 bits per heavy atom. The van der Waals surface area contributed by atoms with E-state index in [1.165, 1.54) is 12.7 Å². The van der Waals surface area contributed by atoms with Crippen LogP contribution in [0.25, 0.3) is 11.2 Å². The number of methoxy groups -OCH3 is 2. The molecule has 0 unspecified atom stereocenters. The number of rotatable bonds is 11. The molecule has 6 rings (SSSR count). The normalized spacial score (nSPS) is 18.3. The van der Waals surface area contributed by atoms with Crippen molar-refractivity contribution in [1.29, 1.82) is 0 Å². The number of aromatic amines is 1. The van der Waals surface area contributed by atoms with E-state index >= 15 is 0 Å². The number of aliphatic hydroxyl groups is 1. The highest BCUT2D eigenvalue weighted by Crippen LogP contribution is 2.48. The van der Waals surface area contributed by atoms with Crippen molar-refractivity contribution in [3.05, 3.63) is 112 Å². The molecule has 3 heterocycles. The zero-order valence-corrected chi connectivity index (χ0v) is 26.0. The highest BCUT2D eigenvalue weighted by molar-refractivity contribution is 5.71. The number of hydrogen-bond acceptors (Lipinski definition) is 9. The van der Waals surface area contributed by atoms with Gasteiger partial charge < -0.3 is 29.0 Å². The molecule has 0 amide bonds. The minimum atomic E-state index is -1.13. The number of ether oxygens (including phenoxy) is 4. The molecular formula is C34H36N6O6. The van der Waals surface area contributed by atoms with E-state index in [-0.39, 0.29) is 30.1 Å². The van der Waals surface area contributed by atoms with Crippen LogP contribution in [0.1, 0.15) is 29.3 Å². The number of aromatic nitrogens is 4. The molecule has 0 spiro atoms. The van der Waals surface area contributed by atoms with Gasteiger partial charge in [0.25, 0.3) is 5.56 Å². The van der Waals surface area contributed by atoms with Crippen LogP contribution in [0.5, 0.6) is 11.5 Å². The van der Waals surface area contributed by atoms with Gasteiger partial charge in [0, 0.05) is 26.1 Å². The molecular weight excluding hydrogens is 588 g/mol. The number of nitrogens with one attached hydrogen (secondary N) is 1. The molecule has 0 radical (unpaired) electrons. The van der Waals surface area contributed by atoms with Crippen LogP contribution in [0.2, 0.25) is 0 Å². The van der Waals surface area contributed by atoms with Crippen molar-refractivity contribution in [3.8, 4) is 11.5 Å². The summed E-state index contributed by atoms with van der Waals surface area (Å²) in [6.07, 6.45) is 0.954. The number of imidazole rings is 1. The molecule has 12 nitrogen and oxygen atoms in total. The Bertz CT molecular complexity index is 1830. The fraction of sp³-hybridized carbons (Fsp3) is 0.294. The number of para-hydroxylation sites is 1. The maximum atomic E-state index is 12.7. The fourth-order valence-electron chi connectivity index (χ4n) is 5.87. The highest BCUT2D eigenvalue weighted by atomic mass is 16.6. The molecule has 3 atom stereocenters. The zero-order valence-electron chi connectivity index (χ0n) is 26.0. The Hall–Kier alpha value is -5.04. The second-order valence-corrected chi connectivity index (χ2v) is 11.1. The first kappa shape index (κ1) is 31.0. The van der Waals surface area contributed by atoms with Crippen molar-refractivity contribution in [1.82, 2.24) is 24.4 Å². The molecule has 0 saturated carbocycles. The summed E-state index contributed by atoms with van der Waals surface area (Å²) in [6, 6.07) is 25.5. The molecule has 0 bridgehead atoms. The molecule has 0 aliphatic carbocycles. The summed E-state index contributed by atoms with van der Waals surface area (Å²) in [5.41, 5.74) is 1.29. The van der Waals surface area contributed by atoms with Crippen molar-refractivity contribution in [2.45, 2.75) is 30.5 Å². The average molecular weight is 625 g/mol. The SMILES string of the molecule is COc1cccc(C(OC[C@@H]2C[C@@H](O)[C@H](n3cnc4c(=O)[nH]c(N=CN(C)C)nc43)O2)(c2ccccc2)c2ccccc2)c1OC. The van der Waals surface area contributed by atoms with Gasteiger partial charge in [-0.3, -0.25) is 14.3 Å². The van der Waals surface area contributed by atoms with Crippen molar-refractivity contribution in [2.75, 3.05) is 34.9 Å². The summed E-state index contributed by atoms with van der Waals surface area (Å²) in [5.74, 6) is 1.22. The quantitative estimate of drug-likeness (QED) is 0.127. The Morgan fingerprint density at radius 2 is 1.74 bits per heavy atom. The summed E-state index contributed by atoms with van der Waals surface area (Å²) < 4.78 is 26.6. The van der Waals surface area contributed by atoms with Crippen molar-refractivity contribution < 1.29 is 24.1 Å². The van der Waals surface area contributed by atoms with Crippen LogP contribution in [0.3, 0.4) is 0 Å². The Morgan fingerprint density at radius 3 is 2.37 bits per heavy atom. The van der Waals surface area contributed by atoms with Crippen molar-refractivity contribution in [2.24, 2.45) is 4.99 Å². The van der Waals surface area contributed by atoms with Crippen LogP contribution in [0.15, 0.2) is 95.0 Å². The van der Waals surface area contributed by atoms with Gasteiger partial charge in [-0.05, 0) is 17.2 Å². The monoisotopic (exact) mass is 624 g/mol. The van der Waals surface area contributed by atoms with E-state index < -0.39 is 29.6 Å². The zero-order chi connectivity index (χ0) is 32.3. The largest absolute Gasteiger partial charge is 0.493 e. The first-order chi connectivity index (χ1) is 22.3. The minimum absolute atomic E-state index is 0.108. The molecule has 5 aromatic rings. The van der Waals surface area contributed by atoms with Gasteiger partial charge in [0.05, 0.1) is 39.6 Å². The third kappa shape index (κ3) is 5.73. The smallest absolute Gasteiger partial charge is 0.280 e. The lowest BCUT2D eigenvalue weighted by atomic mass is 9.79. The fourth-order valence-corrected chi connectivity index (χ4v) is 5.87. The van der Waals surface area contributed by atoms with Crippen LogP contribution < -0.4 is 15.0 Å². The summed E-state index contributed by atoms with van der Waals surface area (Å²) in [7, 11) is 6.83. The first-order valence-electron chi connectivity index (χ1n) is 14.8. The van der Waals surface area contributed by atoms with Gasteiger partial charge in [-0.25, -0.2) is 9.98 Å². The lowest BCUT2D eigenvalue weighted by Gasteiger charge is -2.37. The molecule has 3 aromatic carbocycles. The van der Waals surface area contributed by atoms with Crippen LogP contribution >= 0.6 is 0 Å². The van der Waals surface area contributed by atoms with E-state index in [0.717, 1.165) is 16.7 Å². The predicted molar refractivity (Wildman–Crippen MR) is 173 cm³/mol. The summed E-state index contributed by atoms with van der Waals surface area (Å²) in [6.45, 7) is 0.108. The van der Waals surface area contributed by atoms with Crippen LogP contribution in [-0.4, -0.2) is 83.0 Å². The molecule has 1 saturated heterocycles. The lowest BCUT2D eigenvalue weighted by Crippen LogP contribution is -2.36. The van der Waals surface area contributed by atoms with E-state index in [0.29, 0.717) is 11.5 Å². The topological polar surface area (TPSA) is 136 Å². The van der Waals surface area contributed by atoms with Gasteiger partial charge in [0.2, 0.25) is 5.95 Å². The summed E-state index contributed by atoms with van der Waals surface area (Å²) in [4.78, 5) is 30.0. The molecule has 12 heteroatoms. The van der Waals surface area contributed by atoms with Crippen LogP contribution in [0, 0.1) is 0 Å². The van der Waals surface area contributed by atoms with E-state index in [1.54, 1.807) is 23.7 Å². The van der Waals surface area contributed by atoms with Gasteiger partial charge in [-0.2, -0.15) is 4.98 Å². The number of aliphatic imine (C=N–C) groups is 1. The van der Waals surface area contributed by atoms with E-state index in [4.69, 9.17) is 18.9 Å². The summed E-state index contributed by atoms with van der Waals surface area (Å²) in [5, 5.41) is 11.2. The Balaban J connectivity index is 1.37. The van der Waals surface area contributed by atoms with Crippen molar-refractivity contribution in [3.63, 3.8) is 0 Å². The van der Waals surface area contributed by atoms with Crippen LogP contribution in [-0.2, 0) is 15.1 Å². The van der Waals surface area contributed by atoms with Gasteiger partial charge in [-0.1, -0.05) is 72.8 Å². The summed E-state index contributed by atoms with van der Waals surface area (Å²) >= 11 is 0. The highest BCUT2D eigenvalue weighted by Gasteiger charge is 2.43. The maximum Gasteiger partial charge on any atom is 0.280 e. The third-order valence-corrected chi connectivity index (χ3v) is 7.90. The minimum Gasteiger partial charge on any atom is -0.493 e. The average Bonchev–Trinajstić information content (AvgIpc) is 3.67. The van der Waals surface area contributed by atoms with E-state index in [9.17, 15) is 9.90 Å². The van der Waals surface area contributed by atoms with E-state index in [1.807, 2.05) is 93.0 Å². The number of benzene rings is 3. The molecule has 2 aromatic heterocycles. The standard InChI is InChI=1S/C34H36N6O6/c1-39(2)20-36-33-37-30-28(31(42)38-33)35-21-40(30)32-26(41)18-24(46-32)19-45-34(22-12-7-5-8-13-22,23-14-9-6-10-15-23)25-16-11-17-27(43-3)29(25)44-4/h5-17,20-21,24,26,32,41H,18-19H2,1-4H3,(H,37,38,42)/t24-,26+,32+/m0/s1. The van der Waals surface area contributed by atoms with Gasteiger partial charge in [0.15, 0.2) is 28.9 Å². The molecule has 2 N–H and O–H groups in total. The van der Waals surface area contributed by atoms with E-state index in [2.05, 4.69) is 19.9 Å². The number of aliphatic hydroxyl groups excluding tert-OH is 1. The van der Waals surface area contributed by atoms with Crippen molar-refractivity contribution >= 4 is 23.5 Å². The lowest BCUT2D eigenvalue weighted by molar-refractivity contribution is -0.0855. The second-order valence-electron chi connectivity index (χ2n) is 11.1. The Kier molecular flexibility index (Phi) is 8.84.